The SMILES string of the molecule is Oc1ccc2c(c1)[C@@H](c1ccc(OCCN3CCCC3)cc1)[C@@H](c1ccc(C(F)(F)F)cc1)CO2. The molecule has 3 aromatic rings. The maximum atomic E-state index is 13.1. The number of alkyl halides is 3. The molecule has 0 aliphatic carbocycles. The van der Waals surface area contributed by atoms with Crippen molar-refractivity contribution in [1.29, 1.82) is 0 Å². The molecule has 184 valence electrons. The van der Waals surface area contributed by atoms with E-state index in [1.165, 1.54) is 25.0 Å². The smallest absolute Gasteiger partial charge is 0.416 e. The Morgan fingerprint density at radius 3 is 2.29 bits per heavy atom. The number of phenols is 1. The monoisotopic (exact) mass is 483 g/mol. The van der Waals surface area contributed by atoms with E-state index in [1.54, 1.807) is 18.2 Å². The van der Waals surface area contributed by atoms with Crippen LogP contribution in [0.25, 0.3) is 0 Å². The van der Waals surface area contributed by atoms with E-state index in [4.69, 9.17) is 9.47 Å². The Bertz CT molecular complexity index is 1140. The molecule has 0 spiro atoms. The van der Waals surface area contributed by atoms with Gasteiger partial charge < -0.3 is 14.6 Å². The molecule has 4 nitrogen and oxygen atoms in total. The molecular formula is C28H28F3NO3. The number of halogens is 3. The van der Waals surface area contributed by atoms with Gasteiger partial charge in [0.05, 0.1) is 12.2 Å². The van der Waals surface area contributed by atoms with Crippen molar-refractivity contribution in [3.8, 4) is 17.2 Å². The van der Waals surface area contributed by atoms with Crippen LogP contribution in [-0.4, -0.2) is 42.9 Å². The fourth-order valence-corrected chi connectivity index (χ4v) is 5.09. The summed E-state index contributed by atoms with van der Waals surface area (Å²) in [6.45, 7) is 4.11. The van der Waals surface area contributed by atoms with Crippen molar-refractivity contribution in [2.45, 2.75) is 30.9 Å². The highest BCUT2D eigenvalue weighted by Crippen LogP contribution is 2.47. The quantitative estimate of drug-likeness (QED) is 0.454. The molecule has 35 heavy (non-hydrogen) atoms. The molecule has 7 heteroatoms. The van der Waals surface area contributed by atoms with Gasteiger partial charge in [-0.1, -0.05) is 24.3 Å². The van der Waals surface area contributed by atoms with Crippen molar-refractivity contribution in [2.75, 3.05) is 32.8 Å². The molecular weight excluding hydrogens is 455 g/mol. The van der Waals surface area contributed by atoms with Gasteiger partial charge in [0.1, 0.15) is 23.9 Å². The van der Waals surface area contributed by atoms with Crippen LogP contribution in [0.4, 0.5) is 13.2 Å². The number of fused-ring (bicyclic) bond motifs is 1. The molecule has 5 rings (SSSR count). The van der Waals surface area contributed by atoms with Gasteiger partial charge in [0.25, 0.3) is 0 Å². The van der Waals surface area contributed by atoms with Crippen molar-refractivity contribution >= 4 is 0 Å². The average Bonchev–Trinajstić information content (AvgIpc) is 3.37. The summed E-state index contributed by atoms with van der Waals surface area (Å²) in [5.74, 6) is 1.16. The van der Waals surface area contributed by atoms with Gasteiger partial charge in [-0.3, -0.25) is 4.90 Å². The van der Waals surface area contributed by atoms with Gasteiger partial charge in [0.2, 0.25) is 0 Å². The van der Waals surface area contributed by atoms with Gasteiger partial charge in [-0.2, -0.15) is 13.2 Å². The third kappa shape index (κ3) is 5.25. The molecule has 2 aliphatic rings. The summed E-state index contributed by atoms with van der Waals surface area (Å²) < 4.78 is 51.2. The van der Waals surface area contributed by atoms with Crippen LogP contribution in [0.15, 0.2) is 66.7 Å². The normalized spacial score (nSPS) is 20.3. The zero-order valence-corrected chi connectivity index (χ0v) is 19.3. The summed E-state index contributed by atoms with van der Waals surface area (Å²) in [7, 11) is 0. The number of hydrogen-bond donors (Lipinski definition) is 1. The van der Waals surface area contributed by atoms with Crippen LogP contribution in [0, 0.1) is 0 Å². The minimum absolute atomic E-state index is 0.118. The Morgan fingerprint density at radius 2 is 1.60 bits per heavy atom. The third-order valence-electron chi connectivity index (χ3n) is 6.93. The molecule has 0 aromatic heterocycles. The molecule has 2 atom stereocenters. The fourth-order valence-electron chi connectivity index (χ4n) is 5.09. The van der Waals surface area contributed by atoms with Crippen LogP contribution in [0.2, 0.25) is 0 Å². The number of hydrogen-bond acceptors (Lipinski definition) is 4. The van der Waals surface area contributed by atoms with Gasteiger partial charge in [-0.15, -0.1) is 0 Å². The second-order valence-electron chi connectivity index (χ2n) is 9.20. The predicted octanol–water partition coefficient (Wildman–Crippen LogP) is 6.19. The Kier molecular flexibility index (Phi) is 6.60. The summed E-state index contributed by atoms with van der Waals surface area (Å²) in [5, 5.41) is 10.2. The number of ether oxygens (including phenoxy) is 2. The minimum atomic E-state index is -4.38. The van der Waals surface area contributed by atoms with E-state index >= 15 is 0 Å². The Morgan fingerprint density at radius 1 is 0.914 bits per heavy atom. The first-order valence-electron chi connectivity index (χ1n) is 12.0. The van der Waals surface area contributed by atoms with Crippen molar-refractivity contribution in [3.05, 3.63) is 89.0 Å². The number of nitrogens with zero attached hydrogens (tertiary/aromatic N) is 1. The van der Waals surface area contributed by atoms with Gasteiger partial charge in [-0.05, 0) is 79.5 Å². The summed E-state index contributed by atoms with van der Waals surface area (Å²) in [4.78, 5) is 2.40. The molecule has 2 heterocycles. The van der Waals surface area contributed by atoms with Crippen LogP contribution in [-0.2, 0) is 6.18 Å². The number of likely N-dealkylation sites (tertiary alicyclic amines) is 1. The molecule has 1 fully saturated rings. The lowest BCUT2D eigenvalue weighted by Crippen LogP contribution is -2.25. The van der Waals surface area contributed by atoms with E-state index in [9.17, 15) is 18.3 Å². The predicted molar refractivity (Wildman–Crippen MR) is 127 cm³/mol. The third-order valence-corrected chi connectivity index (χ3v) is 6.93. The van der Waals surface area contributed by atoms with E-state index in [-0.39, 0.29) is 17.6 Å². The van der Waals surface area contributed by atoms with Gasteiger partial charge in [0, 0.05) is 23.9 Å². The van der Waals surface area contributed by atoms with Gasteiger partial charge in [0.15, 0.2) is 0 Å². The van der Waals surface area contributed by atoms with Crippen molar-refractivity contribution in [2.24, 2.45) is 0 Å². The first-order valence-corrected chi connectivity index (χ1v) is 12.0. The average molecular weight is 484 g/mol. The maximum absolute atomic E-state index is 13.1. The van der Waals surface area contributed by atoms with Gasteiger partial charge >= 0.3 is 6.18 Å². The maximum Gasteiger partial charge on any atom is 0.416 e. The zero-order valence-electron chi connectivity index (χ0n) is 19.3. The van der Waals surface area contributed by atoms with E-state index in [0.29, 0.717) is 19.0 Å². The molecule has 0 bridgehead atoms. The van der Waals surface area contributed by atoms with E-state index in [2.05, 4.69) is 4.90 Å². The molecule has 1 saturated heterocycles. The van der Waals surface area contributed by atoms with Crippen molar-refractivity contribution in [3.63, 3.8) is 0 Å². The van der Waals surface area contributed by atoms with Crippen LogP contribution in [0.3, 0.4) is 0 Å². The zero-order chi connectivity index (χ0) is 24.4. The lowest BCUT2D eigenvalue weighted by molar-refractivity contribution is -0.137. The standard InChI is InChI=1S/C28H28F3NO3/c29-28(30,31)21-7-3-19(4-8-21)25-18-35-26-12-9-22(33)17-24(26)27(25)20-5-10-23(11-6-20)34-16-15-32-13-1-2-14-32/h3-12,17,25,27,33H,1-2,13-16,18H2/t25-,27-/m1/s1. The highest BCUT2D eigenvalue weighted by Gasteiger charge is 2.35. The number of benzene rings is 3. The summed E-state index contributed by atoms with van der Waals surface area (Å²) in [5.41, 5.74) is 1.87. The minimum Gasteiger partial charge on any atom is -0.508 e. The molecule has 2 aliphatic heterocycles. The molecule has 0 unspecified atom stereocenters. The van der Waals surface area contributed by atoms with Crippen LogP contribution in [0.1, 0.15) is 46.9 Å². The molecule has 0 saturated carbocycles. The van der Waals surface area contributed by atoms with Crippen LogP contribution >= 0.6 is 0 Å². The van der Waals surface area contributed by atoms with E-state index < -0.39 is 11.7 Å². The second-order valence-corrected chi connectivity index (χ2v) is 9.20. The highest BCUT2D eigenvalue weighted by molar-refractivity contribution is 5.51. The fraction of sp³-hybridized carbons (Fsp3) is 0.357. The largest absolute Gasteiger partial charge is 0.508 e. The Balaban J connectivity index is 1.40. The van der Waals surface area contributed by atoms with E-state index in [1.807, 2.05) is 24.3 Å². The van der Waals surface area contributed by atoms with Crippen molar-refractivity contribution < 1.29 is 27.8 Å². The molecule has 0 radical (unpaired) electrons. The number of aromatic hydroxyl groups is 1. The topological polar surface area (TPSA) is 41.9 Å². The molecule has 1 N–H and O–H groups in total. The number of rotatable bonds is 6. The molecule has 0 amide bonds. The highest BCUT2D eigenvalue weighted by atomic mass is 19.4. The first-order chi connectivity index (χ1) is 16.9. The Hall–Kier alpha value is -3.19. The number of phenolic OH excluding ortho intramolecular Hbond substituents is 1. The van der Waals surface area contributed by atoms with Gasteiger partial charge in [-0.25, -0.2) is 0 Å². The van der Waals surface area contributed by atoms with Crippen molar-refractivity contribution in [1.82, 2.24) is 4.90 Å². The summed E-state index contributed by atoms with van der Waals surface area (Å²) >= 11 is 0. The lowest BCUT2D eigenvalue weighted by atomic mass is 9.75. The van der Waals surface area contributed by atoms with Crippen LogP contribution in [0.5, 0.6) is 17.2 Å². The Labute approximate surface area is 202 Å². The molecule has 3 aromatic carbocycles. The van der Waals surface area contributed by atoms with E-state index in [0.717, 1.165) is 54.2 Å². The second kappa shape index (κ2) is 9.82. The van der Waals surface area contributed by atoms with Crippen LogP contribution < -0.4 is 9.47 Å². The summed E-state index contributed by atoms with van der Waals surface area (Å²) in [6, 6.07) is 18.1. The summed E-state index contributed by atoms with van der Waals surface area (Å²) in [6.07, 6.45) is -1.89. The first kappa shape index (κ1) is 23.5. The lowest BCUT2D eigenvalue weighted by Gasteiger charge is -2.34.